The van der Waals surface area contributed by atoms with E-state index in [4.69, 9.17) is 4.74 Å². The number of Topliss-reactive ketones (excluding diaryl/α,β-unsaturated/α-hetero) is 2. The second-order valence-electron chi connectivity index (χ2n) is 4.48. The molecule has 0 spiro atoms. The average molecular weight is 234 g/mol. The van der Waals surface area contributed by atoms with E-state index in [1.54, 1.807) is 26.0 Å². The van der Waals surface area contributed by atoms with Gasteiger partial charge < -0.3 is 4.74 Å². The fourth-order valence-corrected chi connectivity index (χ4v) is 1.53. The summed E-state index contributed by atoms with van der Waals surface area (Å²) < 4.78 is 5.16. The molecule has 3 heteroatoms. The minimum atomic E-state index is -0.472. The van der Waals surface area contributed by atoms with Gasteiger partial charge in [0.1, 0.15) is 5.75 Å². The Kier molecular flexibility index (Phi) is 4.05. The molecular formula is C14H18O3. The minimum absolute atomic E-state index is 0.297. The second kappa shape index (κ2) is 5.13. The highest BCUT2D eigenvalue weighted by molar-refractivity contribution is 6.44. The summed E-state index contributed by atoms with van der Waals surface area (Å²) in [6, 6.07) is 3.51. The van der Waals surface area contributed by atoms with Crippen molar-refractivity contribution in [3.8, 4) is 5.75 Å². The number of carbonyl (C=O) groups excluding carboxylic acids is 2. The zero-order valence-electron chi connectivity index (χ0n) is 11.0. The number of hydrogen-bond acceptors (Lipinski definition) is 3. The van der Waals surface area contributed by atoms with E-state index < -0.39 is 5.78 Å². The maximum Gasteiger partial charge on any atom is 0.232 e. The minimum Gasteiger partial charge on any atom is -0.496 e. The van der Waals surface area contributed by atoms with Crippen LogP contribution in [0.1, 0.15) is 35.3 Å². The van der Waals surface area contributed by atoms with Crippen LogP contribution in [0, 0.1) is 19.8 Å². The molecule has 0 saturated carbocycles. The van der Waals surface area contributed by atoms with Crippen molar-refractivity contribution >= 4 is 11.6 Å². The summed E-state index contributed by atoms with van der Waals surface area (Å²) in [5, 5.41) is 0. The largest absolute Gasteiger partial charge is 0.496 e. The van der Waals surface area contributed by atoms with Gasteiger partial charge in [0.15, 0.2) is 0 Å². The molecule has 17 heavy (non-hydrogen) atoms. The molecule has 0 atom stereocenters. The van der Waals surface area contributed by atoms with E-state index in [1.165, 1.54) is 7.11 Å². The van der Waals surface area contributed by atoms with Crippen LogP contribution >= 0.6 is 0 Å². The highest BCUT2D eigenvalue weighted by Crippen LogP contribution is 2.24. The summed E-state index contributed by atoms with van der Waals surface area (Å²) in [6.07, 6.45) is 0. The normalized spacial score (nSPS) is 10.5. The van der Waals surface area contributed by atoms with E-state index in [0.29, 0.717) is 11.3 Å². The molecule has 92 valence electrons. The van der Waals surface area contributed by atoms with E-state index >= 15 is 0 Å². The Morgan fingerprint density at radius 2 is 1.65 bits per heavy atom. The lowest BCUT2D eigenvalue weighted by molar-refractivity contribution is -0.117. The Balaban J connectivity index is 3.26. The highest BCUT2D eigenvalue weighted by Gasteiger charge is 2.23. The molecule has 1 rings (SSSR count). The first-order valence-corrected chi connectivity index (χ1v) is 5.62. The Morgan fingerprint density at radius 3 is 2.12 bits per heavy atom. The number of aryl methyl sites for hydroxylation is 2. The predicted molar refractivity (Wildman–Crippen MR) is 66.6 cm³/mol. The predicted octanol–water partition coefficient (Wildman–Crippen LogP) is 2.72. The van der Waals surface area contributed by atoms with Gasteiger partial charge in [-0.3, -0.25) is 9.59 Å². The molecular weight excluding hydrogens is 216 g/mol. The molecule has 0 heterocycles. The van der Waals surface area contributed by atoms with Crippen molar-refractivity contribution in [2.24, 2.45) is 5.92 Å². The molecule has 0 saturated heterocycles. The van der Waals surface area contributed by atoms with Gasteiger partial charge in [-0.15, -0.1) is 0 Å². The van der Waals surface area contributed by atoms with Gasteiger partial charge >= 0.3 is 0 Å². The van der Waals surface area contributed by atoms with E-state index in [-0.39, 0.29) is 11.7 Å². The summed E-state index contributed by atoms with van der Waals surface area (Å²) in [5.41, 5.74) is 2.37. The Labute approximate surface area is 102 Å². The lowest BCUT2D eigenvalue weighted by Gasteiger charge is -2.11. The van der Waals surface area contributed by atoms with Crippen LogP contribution in [0.15, 0.2) is 12.1 Å². The molecule has 0 aromatic heterocycles. The molecule has 0 aliphatic carbocycles. The van der Waals surface area contributed by atoms with Crippen LogP contribution in [0.2, 0.25) is 0 Å². The first-order chi connectivity index (χ1) is 7.88. The van der Waals surface area contributed by atoms with Crippen LogP contribution in [-0.4, -0.2) is 18.7 Å². The molecule has 0 aliphatic heterocycles. The van der Waals surface area contributed by atoms with Crippen molar-refractivity contribution in [3.63, 3.8) is 0 Å². The molecule has 0 amide bonds. The van der Waals surface area contributed by atoms with Crippen LogP contribution in [0.3, 0.4) is 0 Å². The van der Waals surface area contributed by atoms with E-state index in [9.17, 15) is 9.59 Å². The van der Waals surface area contributed by atoms with Crippen LogP contribution in [0.4, 0.5) is 0 Å². The van der Waals surface area contributed by atoms with Gasteiger partial charge in [0.2, 0.25) is 11.6 Å². The SMILES string of the molecule is COc1cc(C)c(C)cc1C(=O)C(=O)C(C)C. The number of carbonyl (C=O) groups is 2. The number of methoxy groups -OCH3 is 1. The standard InChI is InChI=1S/C14H18O3/c1-8(2)13(15)14(16)11-6-9(3)10(4)7-12(11)17-5/h6-8H,1-5H3. The summed E-state index contributed by atoms with van der Waals surface area (Å²) in [5.74, 6) is -0.688. The van der Waals surface area contributed by atoms with Crippen LogP contribution in [0.25, 0.3) is 0 Å². The molecule has 0 unspecified atom stereocenters. The number of benzene rings is 1. The first-order valence-electron chi connectivity index (χ1n) is 5.62. The van der Waals surface area contributed by atoms with Gasteiger partial charge in [-0.05, 0) is 37.1 Å². The van der Waals surface area contributed by atoms with E-state index in [2.05, 4.69) is 0 Å². The van der Waals surface area contributed by atoms with E-state index in [1.807, 2.05) is 13.8 Å². The molecule has 0 N–H and O–H groups in total. The summed E-state index contributed by atoms with van der Waals surface area (Å²) in [6.45, 7) is 7.28. The van der Waals surface area contributed by atoms with Gasteiger partial charge in [0.25, 0.3) is 0 Å². The lowest BCUT2D eigenvalue weighted by atomic mass is 9.96. The molecule has 1 aromatic rings. The quantitative estimate of drug-likeness (QED) is 0.594. The Morgan fingerprint density at radius 1 is 1.12 bits per heavy atom. The lowest BCUT2D eigenvalue weighted by Crippen LogP contribution is -2.20. The van der Waals surface area contributed by atoms with Crippen molar-refractivity contribution in [2.45, 2.75) is 27.7 Å². The number of ether oxygens (including phenoxy) is 1. The third-order valence-corrected chi connectivity index (χ3v) is 2.81. The monoisotopic (exact) mass is 234 g/mol. The molecule has 3 nitrogen and oxygen atoms in total. The third-order valence-electron chi connectivity index (χ3n) is 2.81. The van der Waals surface area contributed by atoms with Crippen LogP contribution in [-0.2, 0) is 4.79 Å². The van der Waals surface area contributed by atoms with E-state index in [0.717, 1.165) is 11.1 Å². The number of rotatable bonds is 4. The fraction of sp³-hybridized carbons (Fsp3) is 0.429. The van der Waals surface area contributed by atoms with Crippen molar-refractivity contribution in [3.05, 3.63) is 28.8 Å². The number of hydrogen-bond donors (Lipinski definition) is 0. The van der Waals surface area contributed by atoms with Crippen LogP contribution in [0.5, 0.6) is 5.75 Å². The smallest absolute Gasteiger partial charge is 0.232 e. The Bertz CT molecular complexity index is 459. The first kappa shape index (κ1) is 13.4. The molecule has 0 radical (unpaired) electrons. The summed E-state index contributed by atoms with van der Waals surface area (Å²) >= 11 is 0. The van der Waals surface area contributed by atoms with Crippen molar-refractivity contribution in [1.29, 1.82) is 0 Å². The highest BCUT2D eigenvalue weighted by atomic mass is 16.5. The van der Waals surface area contributed by atoms with Crippen molar-refractivity contribution < 1.29 is 14.3 Å². The summed E-state index contributed by atoms with van der Waals surface area (Å²) in [7, 11) is 1.50. The zero-order chi connectivity index (χ0) is 13.2. The maximum atomic E-state index is 12.0. The third kappa shape index (κ3) is 2.73. The van der Waals surface area contributed by atoms with Crippen molar-refractivity contribution in [2.75, 3.05) is 7.11 Å². The van der Waals surface area contributed by atoms with Gasteiger partial charge in [0.05, 0.1) is 12.7 Å². The molecule has 0 aliphatic rings. The second-order valence-corrected chi connectivity index (χ2v) is 4.48. The zero-order valence-corrected chi connectivity index (χ0v) is 11.0. The fourth-order valence-electron chi connectivity index (χ4n) is 1.53. The van der Waals surface area contributed by atoms with Gasteiger partial charge in [-0.25, -0.2) is 0 Å². The number of ketones is 2. The van der Waals surface area contributed by atoms with Crippen LogP contribution < -0.4 is 4.74 Å². The van der Waals surface area contributed by atoms with Gasteiger partial charge in [0, 0.05) is 5.92 Å². The molecule has 0 bridgehead atoms. The topological polar surface area (TPSA) is 43.4 Å². The Hall–Kier alpha value is -1.64. The summed E-state index contributed by atoms with van der Waals surface area (Å²) in [4.78, 5) is 23.7. The van der Waals surface area contributed by atoms with Gasteiger partial charge in [-0.1, -0.05) is 13.8 Å². The van der Waals surface area contributed by atoms with Crippen molar-refractivity contribution in [1.82, 2.24) is 0 Å². The maximum absolute atomic E-state index is 12.0. The average Bonchev–Trinajstić information content (AvgIpc) is 2.29. The molecule has 1 aromatic carbocycles. The molecule has 0 fully saturated rings. The van der Waals surface area contributed by atoms with Gasteiger partial charge in [-0.2, -0.15) is 0 Å².